The molecule has 2 rings (SSSR count). The molecule has 0 aliphatic carbocycles. The van der Waals surface area contributed by atoms with Gasteiger partial charge in [-0.05, 0) is 6.07 Å². The summed E-state index contributed by atoms with van der Waals surface area (Å²) < 4.78 is 0. The lowest BCUT2D eigenvalue weighted by atomic mass is 10.4. The van der Waals surface area contributed by atoms with E-state index in [0.717, 1.165) is 0 Å². The van der Waals surface area contributed by atoms with Gasteiger partial charge in [0.05, 0.1) is 5.02 Å². The lowest BCUT2D eigenvalue weighted by Crippen LogP contribution is -2.13. The van der Waals surface area contributed by atoms with Gasteiger partial charge in [0.1, 0.15) is 23.0 Å². The van der Waals surface area contributed by atoms with Crippen molar-refractivity contribution in [1.82, 2.24) is 15.0 Å². The molecule has 82 valence electrons. The van der Waals surface area contributed by atoms with Crippen molar-refractivity contribution in [3.8, 4) is 0 Å². The van der Waals surface area contributed by atoms with Crippen LogP contribution in [0.4, 0.5) is 5.82 Å². The summed E-state index contributed by atoms with van der Waals surface area (Å²) in [5.74, 6) is -0.0163. The molecule has 16 heavy (non-hydrogen) atoms. The summed E-state index contributed by atoms with van der Waals surface area (Å²) in [6.45, 7) is 0. The number of amides is 1. The van der Waals surface area contributed by atoms with E-state index in [0.29, 0.717) is 16.5 Å². The molecule has 0 saturated heterocycles. The maximum atomic E-state index is 11.6. The minimum Gasteiger partial charge on any atom is -0.356 e. The summed E-state index contributed by atoms with van der Waals surface area (Å²) in [4.78, 5) is 21.9. The molecule has 2 aromatic heterocycles. The van der Waals surface area contributed by atoms with Gasteiger partial charge in [-0.2, -0.15) is 0 Å². The first-order valence-corrected chi connectivity index (χ1v) is 5.03. The Morgan fingerprint density at radius 3 is 2.75 bits per heavy atom. The summed E-state index contributed by atoms with van der Waals surface area (Å²) in [5, 5.41) is 3.27. The Kier molecular flexibility index (Phi) is 3.07. The quantitative estimate of drug-likeness (QED) is 0.811. The van der Waals surface area contributed by atoms with E-state index in [1.807, 2.05) is 0 Å². The minimum atomic E-state index is -0.346. The third-order valence-electron chi connectivity index (χ3n) is 1.77. The van der Waals surface area contributed by atoms with Crippen LogP contribution in [0.2, 0.25) is 10.2 Å². The second-order valence-electron chi connectivity index (χ2n) is 2.91. The largest absolute Gasteiger partial charge is 0.356 e. The van der Waals surface area contributed by atoms with Gasteiger partial charge in [0.25, 0.3) is 5.91 Å². The van der Waals surface area contributed by atoms with Gasteiger partial charge in [0.2, 0.25) is 0 Å². The first-order valence-electron chi connectivity index (χ1n) is 4.28. The molecule has 0 aliphatic rings. The normalized spacial score (nSPS) is 10.1. The SMILES string of the molecule is O=C(Nc1cc(Cl)ncn1)c1cc(Cl)c[nH]1. The molecule has 0 unspecified atom stereocenters. The first-order chi connectivity index (χ1) is 7.65. The molecule has 0 atom stereocenters. The number of carbonyl (C=O) groups is 1. The minimum absolute atomic E-state index is 0.259. The molecule has 0 radical (unpaired) electrons. The molecule has 2 N–H and O–H groups in total. The fourth-order valence-electron chi connectivity index (χ4n) is 1.08. The number of aromatic nitrogens is 3. The standard InChI is InChI=1S/C9H6Cl2N4O/c10-5-1-6(12-3-5)9(16)15-8-2-7(11)13-4-14-8/h1-4,12H,(H,13,14,15,16). The van der Waals surface area contributed by atoms with Gasteiger partial charge in [-0.1, -0.05) is 23.2 Å². The van der Waals surface area contributed by atoms with Gasteiger partial charge in [0.15, 0.2) is 0 Å². The van der Waals surface area contributed by atoms with Crippen molar-refractivity contribution in [2.24, 2.45) is 0 Å². The van der Waals surface area contributed by atoms with Gasteiger partial charge in [0, 0.05) is 12.3 Å². The van der Waals surface area contributed by atoms with Crippen LogP contribution < -0.4 is 5.32 Å². The second kappa shape index (κ2) is 4.51. The smallest absolute Gasteiger partial charge is 0.273 e. The predicted molar refractivity (Wildman–Crippen MR) is 60.8 cm³/mol. The van der Waals surface area contributed by atoms with Crippen molar-refractivity contribution in [3.05, 3.63) is 40.5 Å². The fourth-order valence-corrected chi connectivity index (χ4v) is 1.40. The zero-order chi connectivity index (χ0) is 11.5. The van der Waals surface area contributed by atoms with E-state index in [1.165, 1.54) is 24.7 Å². The van der Waals surface area contributed by atoms with Crippen LogP contribution in [0.1, 0.15) is 10.5 Å². The number of rotatable bonds is 2. The number of halogens is 2. The number of H-pyrrole nitrogens is 1. The molecule has 2 aromatic rings. The van der Waals surface area contributed by atoms with Crippen LogP contribution in [-0.4, -0.2) is 20.9 Å². The Morgan fingerprint density at radius 2 is 2.12 bits per heavy atom. The summed E-state index contributed by atoms with van der Waals surface area (Å²) in [6, 6.07) is 2.96. The molecular formula is C9H6Cl2N4O. The monoisotopic (exact) mass is 256 g/mol. The number of anilines is 1. The average Bonchev–Trinajstić information content (AvgIpc) is 2.65. The summed E-state index contributed by atoms with van der Waals surface area (Å²) >= 11 is 11.3. The van der Waals surface area contributed by atoms with Crippen LogP contribution in [0.3, 0.4) is 0 Å². The third kappa shape index (κ3) is 2.50. The summed E-state index contributed by atoms with van der Waals surface area (Å²) in [6.07, 6.45) is 2.78. The highest BCUT2D eigenvalue weighted by atomic mass is 35.5. The number of nitrogens with one attached hydrogen (secondary N) is 2. The summed E-state index contributed by atoms with van der Waals surface area (Å²) in [7, 11) is 0. The van der Waals surface area contributed by atoms with Crippen LogP contribution in [0.15, 0.2) is 24.7 Å². The van der Waals surface area contributed by atoms with E-state index in [2.05, 4.69) is 20.3 Å². The molecule has 2 heterocycles. The number of carbonyl (C=O) groups excluding carboxylic acids is 1. The second-order valence-corrected chi connectivity index (χ2v) is 3.74. The Bertz CT molecular complexity index is 526. The third-order valence-corrected chi connectivity index (χ3v) is 2.19. The van der Waals surface area contributed by atoms with Gasteiger partial charge in [-0.25, -0.2) is 9.97 Å². The van der Waals surface area contributed by atoms with E-state index in [9.17, 15) is 4.79 Å². The van der Waals surface area contributed by atoms with Crippen molar-refractivity contribution in [2.45, 2.75) is 0 Å². The van der Waals surface area contributed by atoms with Crippen molar-refractivity contribution in [1.29, 1.82) is 0 Å². The Morgan fingerprint density at radius 1 is 1.31 bits per heavy atom. The van der Waals surface area contributed by atoms with E-state index < -0.39 is 0 Å². The van der Waals surface area contributed by atoms with Crippen LogP contribution >= 0.6 is 23.2 Å². The molecule has 1 amide bonds. The van der Waals surface area contributed by atoms with E-state index >= 15 is 0 Å². The van der Waals surface area contributed by atoms with Crippen LogP contribution in [0.25, 0.3) is 0 Å². The average molecular weight is 257 g/mol. The fraction of sp³-hybridized carbons (Fsp3) is 0. The molecule has 0 fully saturated rings. The molecule has 0 bridgehead atoms. The summed E-state index contributed by atoms with van der Waals surface area (Å²) in [5.41, 5.74) is 0.347. The van der Waals surface area contributed by atoms with Crippen LogP contribution in [-0.2, 0) is 0 Å². The van der Waals surface area contributed by atoms with E-state index in [-0.39, 0.29) is 11.1 Å². The van der Waals surface area contributed by atoms with Gasteiger partial charge >= 0.3 is 0 Å². The van der Waals surface area contributed by atoms with Gasteiger partial charge in [-0.3, -0.25) is 4.79 Å². The zero-order valence-electron chi connectivity index (χ0n) is 7.87. The molecule has 0 saturated carbocycles. The molecule has 7 heteroatoms. The van der Waals surface area contributed by atoms with Crippen LogP contribution in [0, 0.1) is 0 Å². The van der Waals surface area contributed by atoms with Crippen molar-refractivity contribution >= 4 is 34.9 Å². The van der Waals surface area contributed by atoms with Crippen molar-refractivity contribution in [3.63, 3.8) is 0 Å². The predicted octanol–water partition coefficient (Wildman–Crippen LogP) is 2.36. The van der Waals surface area contributed by atoms with E-state index in [4.69, 9.17) is 23.2 Å². The highest BCUT2D eigenvalue weighted by Gasteiger charge is 2.09. The lowest BCUT2D eigenvalue weighted by Gasteiger charge is -2.01. The van der Waals surface area contributed by atoms with Gasteiger partial charge in [-0.15, -0.1) is 0 Å². The molecular weight excluding hydrogens is 251 g/mol. The topological polar surface area (TPSA) is 70.7 Å². The zero-order valence-corrected chi connectivity index (χ0v) is 9.38. The van der Waals surface area contributed by atoms with Crippen LogP contribution in [0.5, 0.6) is 0 Å². The maximum Gasteiger partial charge on any atom is 0.273 e. The molecule has 0 spiro atoms. The number of hydrogen-bond donors (Lipinski definition) is 2. The molecule has 0 aromatic carbocycles. The Hall–Kier alpha value is -1.59. The number of nitrogens with zero attached hydrogens (tertiary/aromatic N) is 2. The Balaban J connectivity index is 2.13. The first kappa shape index (κ1) is 10.9. The highest BCUT2D eigenvalue weighted by molar-refractivity contribution is 6.31. The molecule has 0 aliphatic heterocycles. The van der Waals surface area contributed by atoms with Crippen molar-refractivity contribution in [2.75, 3.05) is 5.32 Å². The van der Waals surface area contributed by atoms with Crippen molar-refractivity contribution < 1.29 is 4.79 Å². The Labute approximate surface area is 101 Å². The molecule has 5 nitrogen and oxygen atoms in total. The maximum absolute atomic E-state index is 11.6. The van der Waals surface area contributed by atoms with Gasteiger partial charge < -0.3 is 10.3 Å². The highest BCUT2D eigenvalue weighted by Crippen LogP contribution is 2.12. The van der Waals surface area contributed by atoms with E-state index in [1.54, 1.807) is 0 Å². The lowest BCUT2D eigenvalue weighted by molar-refractivity contribution is 0.102. The number of aromatic amines is 1. The number of hydrogen-bond acceptors (Lipinski definition) is 3.